The predicted octanol–water partition coefficient (Wildman–Crippen LogP) is 2.39. The molecule has 0 spiro atoms. The zero-order chi connectivity index (χ0) is 12.3. The van der Waals surface area contributed by atoms with E-state index in [4.69, 9.17) is 5.11 Å². The largest absolute Gasteiger partial charge is 0.481 e. The maximum atomic E-state index is 10.8. The van der Waals surface area contributed by atoms with Crippen molar-refractivity contribution in [2.24, 2.45) is 11.1 Å². The van der Waals surface area contributed by atoms with Crippen LogP contribution < -0.4 is 4.90 Å². The standard InChI is InChI=1S/C12H14N2O3/c15-12(16)9-5-7-14(8-6-9)11-3-1-10(13-17)2-4-11/h1-4,9H,5-8H2,(H,15,16). The summed E-state index contributed by atoms with van der Waals surface area (Å²) in [5, 5.41) is 11.7. The molecule has 1 aromatic rings. The second kappa shape index (κ2) is 4.95. The molecule has 17 heavy (non-hydrogen) atoms. The Morgan fingerprint density at radius 1 is 1.24 bits per heavy atom. The first-order valence-corrected chi connectivity index (χ1v) is 5.62. The molecule has 1 aliphatic heterocycles. The minimum atomic E-state index is -0.704. The van der Waals surface area contributed by atoms with Gasteiger partial charge in [0, 0.05) is 18.8 Å². The minimum absolute atomic E-state index is 0.220. The van der Waals surface area contributed by atoms with Crippen LogP contribution >= 0.6 is 0 Å². The summed E-state index contributed by atoms with van der Waals surface area (Å²) in [4.78, 5) is 23.2. The molecule has 0 atom stereocenters. The van der Waals surface area contributed by atoms with Crippen molar-refractivity contribution in [3.05, 3.63) is 29.2 Å². The van der Waals surface area contributed by atoms with Crippen molar-refractivity contribution in [2.75, 3.05) is 18.0 Å². The van der Waals surface area contributed by atoms with E-state index in [2.05, 4.69) is 10.1 Å². The van der Waals surface area contributed by atoms with Gasteiger partial charge in [-0.1, -0.05) is 0 Å². The monoisotopic (exact) mass is 234 g/mol. The Morgan fingerprint density at radius 2 is 1.82 bits per heavy atom. The number of hydrogen-bond donors (Lipinski definition) is 1. The molecule has 1 fully saturated rings. The Labute approximate surface area is 99.0 Å². The smallest absolute Gasteiger partial charge is 0.306 e. The molecular weight excluding hydrogens is 220 g/mol. The van der Waals surface area contributed by atoms with Crippen LogP contribution in [0, 0.1) is 10.8 Å². The molecule has 0 saturated carbocycles. The highest BCUT2D eigenvalue weighted by Gasteiger charge is 2.24. The summed E-state index contributed by atoms with van der Waals surface area (Å²) in [5.41, 5.74) is 1.43. The molecule has 0 bridgehead atoms. The molecule has 0 aliphatic carbocycles. The van der Waals surface area contributed by atoms with E-state index in [1.54, 1.807) is 12.1 Å². The molecule has 0 radical (unpaired) electrons. The lowest BCUT2D eigenvalue weighted by Gasteiger charge is -2.31. The van der Waals surface area contributed by atoms with Crippen LogP contribution in [0.25, 0.3) is 0 Å². The maximum Gasteiger partial charge on any atom is 0.306 e. The predicted molar refractivity (Wildman–Crippen MR) is 64.5 cm³/mol. The summed E-state index contributed by atoms with van der Waals surface area (Å²) >= 11 is 0. The van der Waals surface area contributed by atoms with Crippen LogP contribution in [-0.4, -0.2) is 24.2 Å². The van der Waals surface area contributed by atoms with Crippen LogP contribution in [-0.2, 0) is 4.79 Å². The first-order valence-electron chi connectivity index (χ1n) is 5.62. The van der Waals surface area contributed by atoms with Crippen LogP contribution in [0.15, 0.2) is 29.4 Å². The molecule has 5 heteroatoms. The normalized spacial score (nSPS) is 16.8. The first-order chi connectivity index (χ1) is 8.20. The van der Waals surface area contributed by atoms with Crippen LogP contribution in [0.3, 0.4) is 0 Å². The Balaban J connectivity index is 2.00. The summed E-state index contributed by atoms with van der Waals surface area (Å²) in [6.07, 6.45) is 1.34. The topological polar surface area (TPSA) is 70.0 Å². The van der Waals surface area contributed by atoms with E-state index in [1.165, 1.54) is 0 Å². The van der Waals surface area contributed by atoms with Crippen LogP contribution in [0.5, 0.6) is 0 Å². The molecule has 0 aromatic heterocycles. The molecular formula is C12H14N2O3. The van der Waals surface area contributed by atoms with Gasteiger partial charge in [-0.2, -0.15) is 0 Å². The number of carboxylic acids is 1. The average Bonchev–Trinajstić information content (AvgIpc) is 2.39. The molecule has 1 heterocycles. The quantitative estimate of drug-likeness (QED) is 0.815. The second-order valence-electron chi connectivity index (χ2n) is 4.21. The number of rotatable bonds is 3. The van der Waals surface area contributed by atoms with Crippen molar-refractivity contribution in [1.82, 2.24) is 0 Å². The second-order valence-corrected chi connectivity index (χ2v) is 4.21. The Hall–Kier alpha value is -1.91. The fourth-order valence-electron chi connectivity index (χ4n) is 2.11. The van der Waals surface area contributed by atoms with Gasteiger partial charge < -0.3 is 10.0 Å². The van der Waals surface area contributed by atoms with Gasteiger partial charge in [-0.25, -0.2) is 0 Å². The summed E-state index contributed by atoms with van der Waals surface area (Å²) in [5.74, 6) is -0.924. The van der Waals surface area contributed by atoms with Crippen molar-refractivity contribution >= 4 is 17.3 Å². The molecule has 5 nitrogen and oxygen atoms in total. The molecule has 0 amide bonds. The van der Waals surface area contributed by atoms with Crippen molar-refractivity contribution in [3.8, 4) is 0 Å². The maximum absolute atomic E-state index is 10.8. The number of carbonyl (C=O) groups is 1. The first kappa shape index (κ1) is 11.6. The van der Waals surface area contributed by atoms with Crippen molar-refractivity contribution in [2.45, 2.75) is 12.8 Å². The summed E-state index contributed by atoms with van der Waals surface area (Å²) in [6.45, 7) is 1.48. The number of nitrogens with zero attached hydrogens (tertiary/aromatic N) is 2. The van der Waals surface area contributed by atoms with E-state index in [1.807, 2.05) is 12.1 Å². The van der Waals surface area contributed by atoms with Gasteiger partial charge in [-0.3, -0.25) is 4.79 Å². The highest BCUT2D eigenvalue weighted by molar-refractivity contribution is 5.70. The molecule has 1 aromatic carbocycles. The number of aliphatic carboxylic acids is 1. The lowest BCUT2D eigenvalue weighted by atomic mass is 9.97. The Kier molecular flexibility index (Phi) is 3.37. The van der Waals surface area contributed by atoms with E-state index in [9.17, 15) is 9.70 Å². The number of benzene rings is 1. The molecule has 1 aliphatic rings. The van der Waals surface area contributed by atoms with Gasteiger partial charge in [0.25, 0.3) is 0 Å². The van der Waals surface area contributed by atoms with Crippen LogP contribution in [0.4, 0.5) is 11.4 Å². The zero-order valence-electron chi connectivity index (χ0n) is 9.37. The third kappa shape index (κ3) is 2.61. The highest BCUT2D eigenvalue weighted by Crippen LogP contribution is 2.25. The average molecular weight is 234 g/mol. The van der Waals surface area contributed by atoms with Crippen LogP contribution in [0.2, 0.25) is 0 Å². The molecule has 1 saturated heterocycles. The van der Waals surface area contributed by atoms with Gasteiger partial charge in [0.05, 0.1) is 5.92 Å². The van der Waals surface area contributed by atoms with Gasteiger partial charge in [0.1, 0.15) is 5.69 Å². The fourth-order valence-corrected chi connectivity index (χ4v) is 2.11. The number of piperidine rings is 1. The van der Waals surface area contributed by atoms with Gasteiger partial charge in [0.2, 0.25) is 0 Å². The fraction of sp³-hybridized carbons (Fsp3) is 0.417. The van der Waals surface area contributed by atoms with Crippen LogP contribution in [0.1, 0.15) is 12.8 Å². The summed E-state index contributed by atoms with van der Waals surface area (Å²) in [6, 6.07) is 7.03. The Bertz CT molecular complexity index is 408. The van der Waals surface area contributed by atoms with Gasteiger partial charge >= 0.3 is 5.97 Å². The van der Waals surface area contributed by atoms with E-state index in [0.717, 1.165) is 18.8 Å². The molecule has 0 unspecified atom stereocenters. The highest BCUT2D eigenvalue weighted by atomic mass is 16.4. The third-order valence-electron chi connectivity index (χ3n) is 3.16. The number of carboxylic acid groups (broad SMARTS) is 1. The summed E-state index contributed by atoms with van der Waals surface area (Å²) < 4.78 is 0. The SMILES string of the molecule is O=Nc1ccc(N2CCC(C(=O)O)CC2)cc1. The van der Waals surface area contributed by atoms with E-state index in [-0.39, 0.29) is 5.92 Å². The van der Waals surface area contributed by atoms with Gasteiger partial charge in [-0.15, -0.1) is 4.91 Å². The van der Waals surface area contributed by atoms with Crippen molar-refractivity contribution in [1.29, 1.82) is 0 Å². The summed E-state index contributed by atoms with van der Waals surface area (Å²) in [7, 11) is 0. The molecule has 90 valence electrons. The number of nitroso groups, excluding NO2 is 1. The van der Waals surface area contributed by atoms with Gasteiger partial charge in [-0.05, 0) is 42.3 Å². The van der Waals surface area contributed by atoms with Crippen molar-refractivity contribution in [3.63, 3.8) is 0 Å². The van der Waals surface area contributed by atoms with E-state index >= 15 is 0 Å². The van der Waals surface area contributed by atoms with E-state index < -0.39 is 5.97 Å². The van der Waals surface area contributed by atoms with E-state index in [0.29, 0.717) is 18.5 Å². The van der Waals surface area contributed by atoms with Gasteiger partial charge in [0.15, 0.2) is 0 Å². The molecule has 2 rings (SSSR count). The van der Waals surface area contributed by atoms with Crippen molar-refractivity contribution < 1.29 is 9.90 Å². The zero-order valence-corrected chi connectivity index (χ0v) is 9.37. The lowest BCUT2D eigenvalue weighted by molar-refractivity contribution is -0.142. The lowest BCUT2D eigenvalue weighted by Crippen LogP contribution is -2.36. The number of hydrogen-bond acceptors (Lipinski definition) is 4. The third-order valence-corrected chi connectivity index (χ3v) is 3.16. The Morgan fingerprint density at radius 3 is 2.29 bits per heavy atom. The minimum Gasteiger partial charge on any atom is -0.481 e. The number of anilines is 1. The molecule has 1 N–H and O–H groups in total.